The second-order valence-corrected chi connectivity index (χ2v) is 8.32. The first kappa shape index (κ1) is 25.0. The number of amides is 1. The molecular formula is C23H23F7N2O. The van der Waals surface area contributed by atoms with E-state index in [9.17, 15) is 35.5 Å². The largest absolute Gasteiger partial charge is 0.416 e. The first-order chi connectivity index (χ1) is 15.3. The van der Waals surface area contributed by atoms with Crippen LogP contribution in [0.3, 0.4) is 0 Å². The number of halogens is 7. The van der Waals surface area contributed by atoms with Gasteiger partial charge < -0.3 is 10.2 Å². The number of nitrogens with zero attached hydrogens (tertiary/aromatic N) is 1. The molecule has 10 heteroatoms. The Hall–Kier alpha value is -2.62. The van der Waals surface area contributed by atoms with E-state index in [0.29, 0.717) is 37.2 Å². The van der Waals surface area contributed by atoms with Gasteiger partial charge in [-0.1, -0.05) is 6.07 Å². The van der Waals surface area contributed by atoms with E-state index >= 15 is 0 Å². The average Bonchev–Trinajstić information content (AvgIpc) is 2.72. The maximum absolute atomic E-state index is 13.5. The summed E-state index contributed by atoms with van der Waals surface area (Å²) in [6.45, 7) is 2.28. The molecule has 0 aliphatic carbocycles. The van der Waals surface area contributed by atoms with Crippen molar-refractivity contribution < 1.29 is 35.5 Å². The van der Waals surface area contributed by atoms with Crippen molar-refractivity contribution in [3.63, 3.8) is 0 Å². The van der Waals surface area contributed by atoms with Gasteiger partial charge in [-0.3, -0.25) is 4.79 Å². The zero-order chi connectivity index (χ0) is 24.6. The third kappa shape index (κ3) is 5.85. The molecule has 0 radical (unpaired) electrons. The summed E-state index contributed by atoms with van der Waals surface area (Å²) < 4.78 is 92.4. The minimum Gasteiger partial charge on any atom is -0.341 e. The van der Waals surface area contributed by atoms with E-state index in [1.54, 1.807) is 13.0 Å². The molecule has 3 rings (SSSR count). The van der Waals surface area contributed by atoms with Gasteiger partial charge in [-0.25, -0.2) is 4.39 Å². The predicted molar refractivity (Wildman–Crippen MR) is 108 cm³/mol. The fourth-order valence-corrected chi connectivity index (χ4v) is 4.28. The summed E-state index contributed by atoms with van der Waals surface area (Å²) >= 11 is 0. The highest BCUT2D eigenvalue weighted by Gasteiger charge is 2.38. The molecule has 1 heterocycles. The van der Waals surface area contributed by atoms with Gasteiger partial charge >= 0.3 is 12.4 Å². The number of benzene rings is 2. The van der Waals surface area contributed by atoms with Crippen molar-refractivity contribution in [2.24, 2.45) is 5.92 Å². The van der Waals surface area contributed by atoms with Crippen LogP contribution in [0.2, 0.25) is 0 Å². The van der Waals surface area contributed by atoms with Gasteiger partial charge in [0.1, 0.15) is 5.82 Å². The zero-order valence-electron chi connectivity index (χ0n) is 17.9. The molecule has 0 spiro atoms. The fourth-order valence-electron chi connectivity index (χ4n) is 4.28. The first-order valence-electron chi connectivity index (χ1n) is 10.3. The maximum atomic E-state index is 13.5. The number of rotatable bonds is 4. The second kappa shape index (κ2) is 9.32. The molecule has 1 aliphatic heterocycles. The Morgan fingerprint density at radius 2 is 1.64 bits per heavy atom. The fraction of sp³-hybridized carbons (Fsp3) is 0.435. The predicted octanol–water partition coefficient (Wildman–Crippen LogP) is 5.52. The SMILES string of the molecule is Cc1cc(F)ccc1C1CNCCC1C(=O)N(C)Cc1cc(C(F)(F)F)cc(C(F)(F)F)c1. The lowest BCUT2D eigenvalue weighted by molar-refractivity contribution is -0.143. The Bertz CT molecular complexity index is 985. The van der Waals surface area contributed by atoms with Crippen molar-refractivity contribution in [2.75, 3.05) is 20.1 Å². The van der Waals surface area contributed by atoms with Crippen LogP contribution in [0.25, 0.3) is 0 Å². The van der Waals surface area contributed by atoms with Gasteiger partial charge in [-0.2, -0.15) is 26.3 Å². The van der Waals surface area contributed by atoms with Gasteiger partial charge in [-0.05, 0) is 66.9 Å². The highest BCUT2D eigenvalue weighted by Crippen LogP contribution is 2.37. The van der Waals surface area contributed by atoms with E-state index in [1.165, 1.54) is 19.2 Å². The number of aryl methyl sites for hydroxylation is 1. The summed E-state index contributed by atoms with van der Waals surface area (Å²) in [7, 11) is 1.35. The molecule has 1 aliphatic rings. The average molecular weight is 476 g/mol. The lowest BCUT2D eigenvalue weighted by Crippen LogP contribution is -2.44. The van der Waals surface area contributed by atoms with Crippen molar-refractivity contribution in [1.29, 1.82) is 0 Å². The zero-order valence-corrected chi connectivity index (χ0v) is 17.9. The van der Waals surface area contributed by atoms with Crippen LogP contribution in [0.1, 0.15) is 40.2 Å². The summed E-state index contributed by atoms with van der Waals surface area (Å²) in [5, 5.41) is 3.18. The van der Waals surface area contributed by atoms with E-state index in [-0.39, 0.29) is 17.5 Å². The van der Waals surface area contributed by atoms with Gasteiger partial charge in [0.25, 0.3) is 0 Å². The standard InChI is InChI=1S/C23H23F7N2O/c1-13-7-17(24)3-4-18(13)20-11-31-6-5-19(20)21(33)32(2)12-14-8-15(22(25,26)27)10-16(9-14)23(28,29)30/h3-4,7-10,19-20,31H,5-6,11-12H2,1-2H3. The van der Waals surface area contributed by atoms with Crippen LogP contribution in [0, 0.1) is 18.7 Å². The summed E-state index contributed by atoms with van der Waals surface area (Å²) in [6.07, 6.45) is -9.49. The molecule has 0 aromatic heterocycles. The quantitative estimate of drug-likeness (QED) is 0.590. The number of alkyl halides is 6. The smallest absolute Gasteiger partial charge is 0.341 e. The first-order valence-corrected chi connectivity index (χ1v) is 10.3. The van der Waals surface area contributed by atoms with E-state index in [2.05, 4.69) is 5.32 Å². The van der Waals surface area contributed by atoms with E-state index in [1.807, 2.05) is 0 Å². The Morgan fingerprint density at radius 1 is 1.03 bits per heavy atom. The van der Waals surface area contributed by atoms with Crippen molar-refractivity contribution in [3.05, 3.63) is 70.0 Å². The third-order valence-electron chi connectivity index (χ3n) is 5.87. The number of nitrogens with one attached hydrogen (secondary N) is 1. The second-order valence-electron chi connectivity index (χ2n) is 8.32. The molecule has 1 fully saturated rings. The van der Waals surface area contributed by atoms with Gasteiger partial charge in [-0.15, -0.1) is 0 Å². The Labute approximate surface area is 186 Å². The Morgan fingerprint density at radius 3 is 2.18 bits per heavy atom. The number of carbonyl (C=O) groups excluding carboxylic acids is 1. The molecule has 180 valence electrons. The van der Waals surface area contributed by atoms with Gasteiger partial charge in [0.05, 0.1) is 11.1 Å². The monoisotopic (exact) mass is 476 g/mol. The molecule has 2 atom stereocenters. The normalized spacial score (nSPS) is 19.4. The maximum Gasteiger partial charge on any atom is 0.416 e. The van der Waals surface area contributed by atoms with Crippen LogP contribution in [-0.2, 0) is 23.7 Å². The van der Waals surface area contributed by atoms with Crippen molar-refractivity contribution >= 4 is 5.91 Å². The van der Waals surface area contributed by atoms with Crippen LogP contribution in [0.5, 0.6) is 0 Å². The number of carbonyl (C=O) groups is 1. The highest BCUT2D eigenvalue weighted by molar-refractivity contribution is 5.80. The molecule has 3 nitrogen and oxygen atoms in total. The Balaban J connectivity index is 1.87. The third-order valence-corrected chi connectivity index (χ3v) is 5.87. The molecule has 2 aromatic rings. The van der Waals surface area contributed by atoms with Gasteiger partial charge in [0, 0.05) is 32.0 Å². The van der Waals surface area contributed by atoms with E-state index in [4.69, 9.17) is 0 Å². The lowest BCUT2D eigenvalue weighted by atomic mass is 9.79. The van der Waals surface area contributed by atoms with Gasteiger partial charge in [0.15, 0.2) is 0 Å². The molecule has 0 bridgehead atoms. The van der Waals surface area contributed by atoms with E-state index in [0.717, 1.165) is 10.5 Å². The number of piperidine rings is 1. The minimum atomic E-state index is -4.96. The van der Waals surface area contributed by atoms with Crippen molar-refractivity contribution in [1.82, 2.24) is 10.2 Å². The Kier molecular flexibility index (Phi) is 7.07. The number of hydrogen-bond donors (Lipinski definition) is 1. The molecule has 33 heavy (non-hydrogen) atoms. The van der Waals surface area contributed by atoms with Crippen LogP contribution < -0.4 is 5.32 Å². The molecule has 2 aromatic carbocycles. The summed E-state index contributed by atoms with van der Waals surface area (Å²) in [6, 6.07) is 5.57. The molecule has 1 saturated heterocycles. The van der Waals surface area contributed by atoms with Crippen molar-refractivity contribution in [2.45, 2.75) is 38.2 Å². The summed E-state index contributed by atoms with van der Waals surface area (Å²) in [5.41, 5.74) is -1.67. The van der Waals surface area contributed by atoms with Crippen LogP contribution in [0.15, 0.2) is 36.4 Å². The van der Waals surface area contributed by atoms with Crippen LogP contribution in [-0.4, -0.2) is 30.9 Å². The minimum absolute atomic E-state index is 0.0610. The summed E-state index contributed by atoms with van der Waals surface area (Å²) in [5.74, 6) is -1.66. The summed E-state index contributed by atoms with van der Waals surface area (Å²) in [4.78, 5) is 14.4. The molecule has 2 unspecified atom stereocenters. The van der Waals surface area contributed by atoms with Crippen LogP contribution >= 0.6 is 0 Å². The molecule has 1 amide bonds. The topological polar surface area (TPSA) is 32.3 Å². The molecular weight excluding hydrogens is 453 g/mol. The molecule has 1 N–H and O–H groups in total. The van der Waals surface area contributed by atoms with Crippen LogP contribution in [0.4, 0.5) is 30.7 Å². The van der Waals surface area contributed by atoms with Gasteiger partial charge in [0.2, 0.25) is 5.91 Å². The highest BCUT2D eigenvalue weighted by atomic mass is 19.4. The lowest BCUT2D eigenvalue weighted by Gasteiger charge is -2.35. The number of hydrogen-bond acceptors (Lipinski definition) is 2. The van der Waals surface area contributed by atoms with E-state index < -0.39 is 47.7 Å². The van der Waals surface area contributed by atoms with Crippen molar-refractivity contribution in [3.8, 4) is 0 Å². The molecule has 0 saturated carbocycles.